The third kappa shape index (κ3) is 1.43. The van der Waals surface area contributed by atoms with Gasteiger partial charge < -0.3 is 0 Å². The minimum Gasteiger partial charge on any atom is -0.295 e. The number of hydrogen-bond donors (Lipinski definition) is 0. The van der Waals surface area contributed by atoms with E-state index in [-0.39, 0.29) is 0 Å². The lowest BCUT2D eigenvalue weighted by Crippen LogP contribution is -2.36. The molecule has 0 saturated heterocycles. The fourth-order valence-corrected chi connectivity index (χ4v) is 3.31. The minimum atomic E-state index is 0.356. The highest BCUT2D eigenvalue weighted by atomic mass is 16.1. The second kappa shape index (κ2) is 3.52. The van der Waals surface area contributed by atoms with Crippen LogP contribution >= 0.6 is 0 Å². The summed E-state index contributed by atoms with van der Waals surface area (Å²) in [6.45, 7) is 4.66. The normalized spacial score (nSPS) is 37.7. The summed E-state index contributed by atoms with van der Waals surface area (Å²) in [6.07, 6.45) is 8.89. The first-order valence-corrected chi connectivity index (χ1v) is 5.90. The quantitative estimate of drug-likeness (QED) is 0.621. The molecule has 2 aliphatic rings. The number of carbonyl (C=O) groups excluding carboxylic acids is 1. The van der Waals surface area contributed by atoms with E-state index < -0.39 is 0 Å². The number of allylic oxidation sites excluding steroid dienone is 2. The van der Waals surface area contributed by atoms with Gasteiger partial charge in [0.1, 0.15) is 0 Å². The van der Waals surface area contributed by atoms with E-state index in [1.807, 2.05) is 6.08 Å². The smallest absolute Gasteiger partial charge is 0.155 e. The molecule has 0 radical (unpaired) electrons. The summed E-state index contributed by atoms with van der Waals surface area (Å²) < 4.78 is 0. The Bertz CT molecular complexity index is 277. The van der Waals surface area contributed by atoms with Crippen LogP contribution in [0.2, 0.25) is 0 Å². The number of rotatable bonds is 1. The van der Waals surface area contributed by atoms with Crippen molar-refractivity contribution >= 4 is 5.78 Å². The molecule has 0 heterocycles. The lowest BCUT2D eigenvalue weighted by molar-refractivity contribution is -0.116. The second-order valence-corrected chi connectivity index (χ2v) is 5.05. The van der Waals surface area contributed by atoms with Crippen LogP contribution in [0.25, 0.3) is 0 Å². The van der Waals surface area contributed by atoms with Crippen molar-refractivity contribution in [3.8, 4) is 0 Å². The van der Waals surface area contributed by atoms with Crippen molar-refractivity contribution in [1.82, 2.24) is 0 Å². The Morgan fingerprint density at radius 2 is 2.29 bits per heavy atom. The summed E-state index contributed by atoms with van der Waals surface area (Å²) in [4.78, 5) is 11.4. The summed E-state index contributed by atoms with van der Waals surface area (Å²) in [6, 6.07) is 0. The zero-order valence-corrected chi connectivity index (χ0v) is 9.31. The highest BCUT2D eigenvalue weighted by Gasteiger charge is 2.41. The predicted molar refractivity (Wildman–Crippen MR) is 58.1 cm³/mol. The maximum Gasteiger partial charge on any atom is 0.155 e. The Hall–Kier alpha value is -0.590. The standard InChI is InChI=1S/C13H20O/c1-3-10-5-4-6-11-9-12(14)7-8-13(10,11)2/h9-10H,3-8H2,1-2H3/t10-,13+/m0/s1. The summed E-state index contributed by atoms with van der Waals surface area (Å²) in [5, 5.41) is 0. The molecule has 2 aliphatic carbocycles. The molecule has 0 aromatic rings. The molecule has 0 amide bonds. The Balaban J connectivity index is 2.31. The lowest BCUT2D eigenvalue weighted by Gasteiger charge is -2.45. The Morgan fingerprint density at radius 1 is 1.50 bits per heavy atom. The van der Waals surface area contributed by atoms with Crippen molar-refractivity contribution in [3.05, 3.63) is 11.6 Å². The molecule has 0 aromatic heterocycles. The molecule has 0 bridgehead atoms. The van der Waals surface area contributed by atoms with Crippen LogP contribution in [0.5, 0.6) is 0 Å². The van der Waals surface area contributed by atoms with E-state index in [0.29, 0.717) is 11.2 Å². The molecule has 2 rings (SSSR count). The molecule has 1 saturated carbocycles. The van der Waals surface area contributed by atoms with Crippen molar-refractivity contribution in [2.24, 2.45) is 11.3 Å². The Morgan fingerprint density at radius 3 is 3.00 bits per heavy atom. The highest BCUT2D eigenvalue weighted by Crippen LogP contribution is 2.51. The van der Waals surface area contributed by atoms with Crippen LogP contribution in [0.1, 0.15) is 52.4 Å². The average molecular weight is 192 g/mol. The van der Waals surface area contributed by atoms with Gasteiger partial charge in [0.25, 0.3) is 0 Å². The molecular weight excluding hydrogens is 172 g/mol. The molecule has 1 fully saturated rings. The Kier molecular flexibility index (Phi) is 2.50. The van der Waals surface area contributed by atoms with E-state index in [0.717, 1.165) is 18.8 Å². The van der Waals surface area contributed by atoms with Crippen molar-refractivity contribution < 1.29 is 4.79 Å². The minimum absolute atomic E-state index is 0.356. The van der Waals surface area contributed by atoms with Crippen LogP contribution in [-0.2, 0) is 4.79 Å². The number of carbonyl (C=O) groups is 1. The van der Waals surface area contributed by atoms with Crippen molar-refractivity contribution in [3.63, 3.8) is 0 Å². The maximum atomic E-state index is 11.4. The SMILES string of the molecule is CC[C@H]1CCCC2=CC(=O)CC[C@@]21C. The first-order valence-electron chi connectivity index (χ1n) is 5.90. The van der Waals surface area contributed by atoms with Crippen molar-refractivity contribution in [2.45, 2.75) is 52.4 Å². The third-order valence-corrected chi connectivity index (χ3v) is 4.35. The first kappa shape index (κ1) is 9.95. The van der Waals surface area contributed by atoms with Gasteiger partial charge in [-0.05, 0) is 43.1 Å². The fourth-order valence-electron chi connectivity index (χ4n) is 3.31. The molecular formula is C13H20O. The zero-order valence-electron chi connectivity index (χ0n) is 9.31. The topological polar surface area (TPSA) is 17.1 Å². The van der Waals surface area contributed by atoms with E-state index in [1.54, 1.807) is 0 Å². The van der Waals surface area contributed by atoms with Crippen molar-refractivity contribution in [1.29, 1.82) is 0 Å². The maximum absolute atomic E-state index is 11.4. The summed E-state index contributed by atoms with van der Waals surface area (Å²) in [5.74, 6) is 1.17. The van der Waals surface area contributed by atoms with Gasteiger partial charge in [0.05, 0.1) is 0 Å². The summed E-state index contributed by atoms with van der Waals surface area (Å²) in [7, 11) is 0. The molecule has 0 aromatic carbocycles. The van der Waals surface area contributed by atoms with Gasteiger partial charge in [-0.25, -0.2) is 0 Å². The molecule has 2 atom stereocenters. The van der Waals surface area contributed by atoms with Crippen LogP contribution < -0.4 is 0 Å². The van der Waals surface area contributed by atoms with Gasteiger partial charge in [-0.15, -0.1) is 0 Å². The number of ketones is 1. The predicted octanol–water partition coefficient (Wildman–Crippen LogP) is 3.49. The second-order valence-electron chi connectivity index (χ2n) is 5.05. The van der Waals surface area contributed by atoms with Crippen LogP contribution in [-0.4, -0.2) is 5.78 Å². The third-order valence-electron chi connectivity index (χ3n) is 4.35. The van der Waals surface area contributed by atoms with Gasteiger partial charge in [-0.2, -0.15) is 0 Å². The van der Waals surface area contributed by atoms with E-state index in [2.05, 4.69) is 13.8 Å². The zero-order chi connectivity index (χ0) is 10.2. The fraction of sp³-hybridized carbons (Fsp3) is 0.769. The molecule has 1 heteroatoms. The first-order chi connectivity index (χ1) is 6.66. The van der Waals surface area contributed by atoms with Crippen molar-refractivity contribution in [2.75, 3.05) is 0 Å². The highest BCUT2D eigenvalue weighted by molar-refractivity contribution is 5.91. The van der Waals surface area contributed by atoms with E-state index >= 15 is 0 Å². The summed E-state index contributed by atoms with van der Waals surface area (Å²) in [5.41, 5.74) is 1.81. The number of hydrogen-bond acceptors (Lipinski definition) is 1. The Labute approximate surface area is 86.6 Å². The van der Waals surface area contributed by atoms with Crippen LogP contribution in [0.4, 0.5) is 0 Å². The van der Waals surface area contributed by atoms with Gasteiger partial charge >= 0.3 is 0 Å². The average Bonchev–Trinajstić information content (AvgIpc) is 2.18. The van der Waals surface area contributed by atoms with Gasteiger partial charge in [0, 0.05) is 6.42 Å². The molecule has 0 N–H and O–H groups in total. The van der Waals surface area contributed by atoms with E-state index in [4.69, 9.17) is 0 Å². The van der Waals surface area contributed by atoms with Gasteiger partial charge in [-0.3, -0.25) is 4.79 Å². The van der Waals surface area contributed by atoms with Crippen LogP contribution in [0, 0.1) is 11.3 Å². The van der Waals surface area contributed by atoms with Crippen LogP contribution in [0.3, 0.4) is 0 Å². The monoisotopic (exact) mass is 192 g/mol. The molecule has 1 nitrogen and oxygen atoms in total. The number of fused-ring (bicyclic) bond motifs is 1. The van der Waals surface area contributed by atoms with Gasteiger partial charge in [0.2, 0.25) is 0 Å². The van der Waals surface area contributed by atoms with E-state index in [9.17, 15) is 4.79 Å². The molecule has 0 spiro atoms. The summed E-state index contributed by atoms with van der Waals surface area (Å²) >= 11 is 0. The molecule has 0 unspecified atom stereocenters. The largest absolute Gasteiger partial charge is 0.295 e. The van der Waals surface area contributed by atoms with Gasteiger partial charge in [0.15, 0.2) is 5.78 Å². The van der Waals surface area contributed by atoms with Gasteiger partial charge in [-0.1, -0.05) is 25.8 Å². The lowest BCUT2D eigenvalue weighted by atomic mass is 9.59. The van der Waals surface area contributed by atoms with Crippen LogP contribution in [0.15, 0.2) is 11.6 Å². The molecule has 0 aliphatic heterocycles. The molecule has 78 valence electrons. The van der Waals surface area contributed by atoms with E-state index in [1.165, 1.54) is 31.3 Å². The molecule has 14 heavy (non-hydrogen) atoms.